The molecule has 0 saturated heterocycles. The zero-order chi connectivity index (χ0) is 7.89. The van der Waals surface area contributed by atoms with Gasteiger partial charge >= 0.3 is 0 Å². The molecular formula is C10H15Fe-. The van der Waals surface area contributed by atoms with Gasteiger partial charge in [0.2, 0.25) is 0 Å². The third-order valence-electron chi connectivity index (χ3n) is 2.81. The van der Waals surface area contributed by atoms with Crippen LogP contribution in [0.3, 0.4) is 0 Å². The van der Waals surface area contributed by atoms with Crippen molar-refractivity contribution in [3.05, 3.63) is 27.8 Å². The van der Waals surface area contributed by atoms with Crippen LogP contribution in [0, 0.1) is 34.6 Å². The summed E-state index contributed by atoms with van der Waals surface area (Å²) in [6.45, 7) is 11.0. The van der Waals surface area contributed by atoms with Gasteiger partial charge in [0, 0.05) is 17.1 Å². The molecule has 0 heterocycles. The molecule has 0 unspecified atom stereocenters. The van der Waals surface area contributed by atoms with E-state index in [2.05, 4.69) is 34.6 Å². The average molecular weight is 191 g/mol. The molecular weight excluding hydrogens is 176 g/mol. The number of hydrogen-bond acceptors (Lipinski definition) is 0. The number of hydrogen-bond donors (Lipinski definition) is 0. The van der Waals surface area contributed by atoms with Gasteiger partial charge in [0.05, 0.1) is 0 Å². The minimum absolute atomic E-state index is 0. The third kappa shape index (κ3) is 1.55. The molecule has 0 aliphatic heterocycles. The Morgan fingerprint density at radius 3 is 1.18 bits per heavy atom. The van der Waals surface area contributed by atoms with Crippen LogP contribution in [-0.4, -0.2) is 0 Å². The van der Waals surface area contributed by atoms with Gasteiger partial charge in [-0.25, -0.2) is 0 Å². The predicted molar refractivity (Wildman–Crippen MR) is 45.7 cm³/mol. The summed E-state index contributed by atoms with van der Waals surface area (Å²) in [6.07, 6.45) is 0. The Morgan fingerprint density at radius 1 is 0.818 bits per heavy atom. The van der Waals surface area contributed by atoms with Gasteiger partial charge in [-0.2, -0.15) is 27.8 Å². The fourth-order valence-electron chi connectivity index (χ4n) is 1.41. The Labute approximate surface area is 79.8 Å². The summed E-state index contributed by atoms with van der Waals surface area (Å²) in [4.78, 5) is 0. The second kappa shape index (κ2) is 3.51. The van der Waals surface area contributed by atoms with Crippen LogP contribution in [0.15, 0.2) is 0 Å². The molecule has 0 aromatic heterocycles. The van der Waals surface area contributed by atoms with Crippen LogP contribution in [-0.2, 0) is 17.1 Å². The molecule has 0 atom stereocenters. The second-order valence-electron chi connectivity index (χ2n) is 3.12. The molecule has 0 amide bonds. The quantitative estimate of drug-likeness (QED) is 0.436. The van der Waals surface area contributed by atoms with E-state index in [4.69, 9.17) is 0 Å². The van der Waals surface area contributed by atoms with E-state index in [9.17, 15) is 0 Å². The average Bonchev–Trinajstić information content (AvgIpc) is 2.07. The molecule has 0 spiro atoms. The molecule has 0 aliphatic carbocycles. The molecule has 64 valence electrons. The van der Waals surface area contributed by atoms with E-state index in [0.717, 1.165) is 0 Å². The summed E-state index contributed by atoms with van der Waals surface area (Å²) >= 11 is 0. The van der Waals surface area contributed by atoms with Crippen LogP contribution in [0.25, 0.3) is 0 Å². The van der Waals surface area contributed by atoms with E-state index in [1.807, 2.05) is 0 Å². The van der Waals surface area contributed by atoms with Crippen molar-refractivity contribution in [3.63, 3.8) is 0 Å². The van der Waals surface area contributed by atoms with Gasteiger partial charge in [-0.05, 0) is 0 Å². The van der Waals surface area contributed by atoms with Crippen molar-refractivity contribution in [2.24, 2.45) is 0 Å². The SMILES string of the molecule is Cc1c(C)c(C)[c-](C)c1C.[Fe]. The molecule has 0 nitrogen and oxygen atoms in total. The first kappa shape index (κ1) is 10.9. The Bertz CT molecular complexity index is 176. The van der Waals surface area contributed by atoms with Crippen LogP contribution in [0.5, 0.6) is 0 Å². The summed E-state index contributed by atoms with van der Waals surface area (Å²) in [5.74, 6) is 0. The van der Waals surface area contributed by atoms with Crippen molar-refractivity contribution in [3.8, 4) is 0 Å². The standard InChI is InChI=1S/C10H15.Fe/c1-6-7(2)9(4)10(5)8(6)3;/h1-5H3;/q-1;. The van der Waals surface area contributed by atoms with Crippen molar-refractivity contribution >= 4 is 0 Å². The van der Waals surface area contributed by atoms with Gasteiger partial charge in [-0.3, -0.25) is 0 Å². The molecule has 1 rings (SSSR count). The normalized spacial score (nSPS) is 9.55. The third-order valence-corrected chi connectivity index (χ3v) is 2.81. The molecule has 1 aromatic carbocycles. The van der Waals surface area contributed by atoms with Crippen LogP contribution in [0.2, 0.25) is 0 Å². The summed E-state index contributed by atoms with van der Waals surface area (Å²) in [6, 6.07) is 0. The maximum atomic E-state index is 2.20. The van der Waals surface area contributed by atoms with Crippen LogP contribution in [0.1, 0.15) is 27.8 Å². The molecule has 1 heteroatoms. The molecule has 1 aromatic rings. The molecule has 0 fully saturated rings. The summed E-state index contributed by atoms with van der Waals surface area (Å²) in [5, 5.41) is 0. The van der Waals surface area contributed by atoms with E-state index >= 15 is 0 Å². The molecule has 0 N–H and O–H groups in total. The topological polar surface area (TPSA) is 0 Å². The maximum Gasteiger partial charge on any atom is 0 e. The minimum Gasteiger partial charge on any atom is -0.196 e. The summed E-state index contributed by atoms with van der Waals surface area (Å²) in [7, 11) is 0. The molecule has 11 heavy (non-hydrogen) atoms. The first-order chi connectivity index (χ1) is 4.55. The van der Waals surface area contributed by atoms with Crippen molar-refractivity contribution in [1.29, 1.82) is 0 Å². The largest absolute Gasteiger partial charge is 0.196 e. The fourth-order valence-corrected chi connectivity index (χ4v) is 1.41. The van der Waals surface area contributed by atoms with E-state index in [1.54, 1.807) is 0 Å². The fraction of sp³-hybridized carbons (Fsp3) is 0.500. The van der Waals surface area contributed by atoms with E-state index < -0.39 is 0 Å². The second-order valence-corrected chi connectivity index (χ2v) is 3.12. The van der Waals surface area contributed by atoms with Gasteiger partial charge in [0.1, 0.15) is 0 Å². The maximum absolute atomic E-state index is 2.20. The van der Waals surface area contributed by atoms with Gasteiger partial charge in [-0.1, -0.05) is 34.6 Å². The Balaban J connectivity index is 0.000001000. The van der Waals surface area contributed by atoms with E-state index in [0.29, 0.717) is 0 Å². The minimum atomic E-state index is 0. The smallest absolute Gasteiger partial charge is 0 e. The van der Waals surface area contributed by atoms with Crippen molar-refractivity contribution in [1.82, 2.24) is 0 Å². The molecule has 0 aliphatic rings. The predicted octanol–water partition coefficient (Wildman–Crippen LogP) is 2.95. The Hall–Kier alpha value is -0.131. The first-order valence-electron chi connectivity index (χ1n) is 3.75. The van der Waals surface area contributed by atoms with E-state index in [-0.39, 0.29) is 17.1 Å². The van der Waals surface area contributed by atoms with Crippen molar-refractivity contribution in [2.75, 3.05) is 0 Å². The monoisotopic (exact) mass is 191 g/mol. The van der Waals surface area contributed by atoms with Gasteiger partial charge in [-0.15, -0.1) is 0 Å². The first-order valence-corrected chi connectivity index (χ1v) is 3.75. The van der Waals surface area contributed by atoms with Gasteiger partial charge < -0.3 is 0 Å². The van der Waals surface area contributed by atoms with Gasteiger partial charge in [0.25, 0.3) is 0 Å². The molecule has 0 radical (unpaired) electrons. The Kier molecular flexibility index (Phi) is 3.47. The van der Waals surface area contributed by atoms with Crippen LogP contribution >= 0.6 is 0 Å². The van der Waals surface area contributed by atoms with Crippen LogP contribution in [0.4, 0.5) is 0 Å². The number of rotatable bonds is 0. The Morgan fingerprint density at radius 2 is 1.09 bits per heavy atom. The zero-order valence-electron chi connectivity index (χ0n) is 7.85. The van der Waals surface area contributed by atoms with Crippen LogP contribution < -0.4 is 0 Å². The zero-order valence-corrected chi connectivity index (χ0v) is 8.96. The molecule has 0 saturated carbocycles. The van der Waals surface area contributed by atoms with Crippen molar-refractivity contribution < 1.29 is 17.1 Å². The summed E-state index contributed by atoms with van der Waals surface area (Å²) in [5.41, 5.74) is 7.34. The van der Waals surface area contributed by atoms with Gasteiger partial charge in [0.15, 0.2) is 0 Å². The molecule has 0 bridgehead atoms. The van der Waals surface area contributed by atoms with E-state index in [1.165, 1.54) is 27.8 Å². The van der Waals surface area contributed by atoms with Crippen molar-refractivity contribution in [2.45, 2.75) is 34.6 Å². The summed E-state index contributed by atoms with van der Waals surface area (Å²) < 4.78 is 0.